The number of nitrogens with one attached hydrogen (secondary N) is 1. The molecule has 1 rings (SSSR count). The van der Waals surface area contributed by atoms with E-state index in [1.165, 1.54) is 0 Å². The Bertz CT molecular complexity index is 233. The van der Waals surface area contributed by atoms with Crippen molar-refractivity contribution in [2.45, 2.75) is 63.9 Å². The van der Waals surface area contributed by atoms with E-state index in [1.807, 2.05) is 7.05 Å². The van der Waals surface area contributed by atoms with Crippen molar-refractivity contribution in [2.75, 3.05) is 27.4 Å². The van der Waals surface area contributed by atoms with Crippen LogP contribution in [0.3, 0.4) is 0 Å². The first-order valence-electron chi connectivity index (χ1n) is 6.99. The van der Waals surface area contributed by atoms with Crippen molar-refractivity contribution >= 4 is 0 Å². The lowest BCUT2D eigenvalue weighted by Crippen LogP contribution is -2.59. The van der Waals surface area contributed by atoms with Gasteiger partial charge in [0.15, 0.2) is 0 Å². The Balaban J connectivity index is 2.25. The van der Waals surface area contributed by atoms with Crippen molar-refractivity contribution in [1.29, 1.82) is 0 Å². The third kappa shape index (κ3) is 4.50. The Morgan fingerprint density at radius 1 is 1.22 bits per heavy atom. The number of methoxy groups -OCH3 is 1. The molecule has 1 saturated carbocycles. The number of ether oxygens (including phenoxy) is 3. The van der Waals surface area contributed by atoms with Gasteiger partial charge < -0.3 is 19.5 Å². The van der Waals surface area contributed by atoms with Crippen LogP contribution in [0.15, 0.2) is 0 Å². The molecule has 0 aliphatic heterocycles. The second-order valence-corrected chi connectivity index (χ2v) is 5.59. The predicted molar refractivity (Wildman–Crippen MR) is 72.9 cm³/mol. The Morgan fingerprint density at radius 2 is 1.94 bits per heavy atom. The summed E-state index contributed by atoms with van der Waals surface area (Å²) in [6, 6.07) is 0.442. The van der Waals surface area contributed by atoms with Crippen LogP contribution in [0.25, 0.3) is 0 Å². The SMILES string of the molecule is CCCOC1C(NC)CC1OCCC(C)(C)OC. The molecule has 108 valence electrons. The Kier molecular flexibility index (Phi) is 6.57. The highest BCUT2D eigenvalue weighted by Crippen LogP contribution is 2.28. The first-order chi connectivity index (χ1) is 8.54. The summed E-state index contributed by atoms with van der Waals surface area (Å²) < 4.78 is 17.1. The summed E-state index contributed by atoms with van der Waals surface area (Å²) >= 11 is 0. The first-order valence-corrected chi connectivity index (χ1v) is 6.99. The van der Waals surface area contributed by atoms with Crippen LogP contribution in [0.1, 0.15) is 40.0 Å². The van der Waals surface area contributed by atoms with Gasteiger partial charge in [0, 0.05) is 26.4 Å². The summed E-state index contributed by atoms with van der Waals surface area (Å²) in [6.45, 7) is 7.83. The van der Waals surface area contributed by atoms with Gasteiger partial charge in [0.25, 0.3) is 0 Å². The van der Waals surface area contributed by atoms with Gasteiger partial charge in [-0.3, -0.25) is 0 Å². The van der Waals surface area contributed by atoms with Gasteiger partial charge >= 0.3 is 0 Å². The van der Waals surface area contributed by atoms with E-state index in [1.54, 1.807) is 7.11 Å². The second-order valence-electron chi connectivity index (χ2n) is 5.59. The van der Waals surface area contributed by atoms with E-state index in [9.17, 15) is 0 Å². The molecule has 0 bridgehead atoms. The lowest BCUT2D eigenvalue weighted by molar-refractivity contribution is -0.152. The fraction of sp³-hybridized carbons (Fsp3) is 1.00. The largest absolute Gasteiger partial charge is 0.379 e. The number of likely N-dealkylation sites (N-methyl/N-ethyl adjacent to an activating group) is 1. The molecule has 0 amide bonds. The van der Waals surface area contributed by atoms with Crippen LogP contribution < -0.4 is 5.32 Å². The molecule has 3 atom stereocenters. The van der Waals surface area contributed by atoms with E-state index < -0.39 is 0 Å². The number of hydrogen-bond acceptors (Lipinski definition) is 4. The summed E-state index contributed by atoms with van der Waals surface area (Å²) in [5.74, 6) is 0. The molecule has 0 aromatic heterocycles. The number of rotatable bonds is 9. The Hall–Kier alpha value is -0.160. The summed E-state index contributed by atoms with van der Waals surface area (Å²) in [6.07, 6.45) is 3.45. The topological polar surface area (TPSA) is 39.7 Å². The molecule has 0 radical (unpaired) electrons. The maximum Gasteiger partial charge on any atom is 0.0990 e. The fourth-order valence-electron chi connectivity index (χ4n) is 2.06. The summed E-state index contributed by atoms with van der Waals surface area (Å²) in [5.41, 5.74) is -0.105. The molecule has 1 fully saturated rings. The van der Waals surface area contributed by atoms with Crippen LogP contribution in [0, 0.1) is 0 Å². The molecule has 4 nitrogen and oxygen atoms in total. The molecule has 18 heavy (non-hydrogen) atoms. The zero-order valence-corrected chi connectivity index (χ0v) is 12.5. The lowest BCUT2D eigenvalue weighted by atomic mass is 9.85. The Morgan fingerprint density at radius 3 is 2.50 bits per heavy atom. The minimum atomic E-state index is -0.105. The van der Waals surface area contributed by atoms with Crippen LogP contribution >= 0.6 is 0 Å². The lowest BCUT2D eigenvalue weighted by Gasteiger charge is -2.44. The van der Waals surface area contributed by atoms with E-state index in [0.717, 1.165) is 32.5 Å². The van der Waals surface area contributed by atoms with Crippen LogP contribution in [-0.4, -0.2) is 51.2 Å². The maximum absolute atomic E-state index is 5.91. The molecule has 1 aliphatic rings. The van der Waals surface area contributed by atoms with Gasteiger partial charge in [-0.25, -0.2) is 0 Å². The quantitative estimate of drug-likeness (QED) is 0.687. The number of hydrogen-bond donors (Lipinski definition) is 1. The summed E-state index contributed by atoms with van der Waals surface area (Å²) in [5, 5.41) is 3.28. The zero-order valence-electron chi connectivity index (χ0n) is 12.5. The molecule has 1 N–H and O–H groups in total. The van der Waals surface area contributed by atoms with E-state index in [0.29, 0.717) is 6.04 Å². The van der Waals surface area contributed by atoms with Crippen LogP contribution in [0.5, 0.6) is 0 Å². The Labute approximate surface area is 111 Å². The zero-order chi connectivity index (χ0) is 13.6. The molecule has 4 heteroatoms. The van der Waals surface area contributed by atoms with Gasteiger partial charge in [-0.1, -0.05) is 6.92 Å². The van der Waals surface area contributed by atoms with Crippen molar-refractivity contribution in [2.24, 2.45) is 0 Å². The molecular formula is C14H29NO3. The third-order valence-corrected chi connectivity index (χ3v) is 3.72. The molecule has 0 spiro atoms. The molecular weight excluding hydrogens is 230 g/mol. The summed E-state index contributed by atoms with van der Waals surface area (Å²) in [7, 11) is 3.73. The maximum atomic E-state index is 5.91. The van der Waals surface area contributed by atoms with Crippen molar-refractivity contribution < 1.29 is 14.2 Å². The van der Waals surface area contributed by atoms with Crippen molar-refractivity contribution in [3.05, 3.63) is 0 Å². The highest BCUT2D eigenvalue weighted by molar-refractivity contribution is 4.96. The van der Waals surface area contributed by atoms with Crippen molar-refractivity contribution in [3.63, 3.8) is 0 Å². The average Bonchev–Trinajstić information content (AvgIpc) is 2.33. The fourth-order valence-corrected chi connectivity index (χ4v) is 2.06. The van der Waals surface area contributed by atoms with E-state index in [4.69, 9.17) is 14.2 Å². The third-order valence-electron chi connectivity index (χ3n) is 3.72. The second kappa shape index (κ2) is 7.43. The van der Waals surface area contributed by atoms with Crippen LogP contribution in [0.2, 0.25) is 0 Å². The van der Waals surface area contributed by atoms with E-state index in [-0.39, 0.29) is 17.8 Å². The molecule has 3 unspecified atom stereocenters. The monoisotopic (exact) mass is 259 g/mol. The van der Waals surface area contributed by atoms with Gasteiger partial charge in [-0.15, -0.1) is 0 Å². The normalized spacial score (nSPS) is 28.2. The smallest absolute Gasteiger partial charge is 0.0990 e. The van der Waals surface area contributed by atoms with Crippen molar-refractivity contribution in [1.82, 2.24) is 5.32 Å². The van der Waals surface area contributed by atoms with E-state index in [2.05, 4.69) is 26.1 Å². The predicted octanol–water partition coefficient (Wildman–Crippen LogP) is 1.97. The van der Waals surface area contributed by atoms with Gasteiger partial charge in [0.1, 0.15) is 0 Å². The minimum Gasteiger partial charge on any atom is -0.379 e. The molecule has 0 heterocycles. The van der Waals surface area contributed by atoms with Gasteiger partial charge in [-0.2, -0.15) is 0 Å². The molecule has 1 aliphatic carbocycles. The molecule has 0 aromatic rings. The minimum absolute atomic E-state index is 0.105. The molecule has 0 saturated heterocycles. The van der Waals surface area contributed by atoms with Gasteiger partial charge in [0.2, 0.25) is 0 Å². The van der Waals surface area contributed by atoms with Crippen LogP contribution in [-0.2, 0) is 14.2 Å². The summed E-state index contributed by atoms with van der Waals surface area (Å²) in [4.78, 5) is 0. The van der Waals surface area contributed by atoms with Gasteiger partial charge in [-0.05, 0) is 40.2 Å². The van der Waals surface area contributed by atoms with Crippen molar-refractivity contribution in [3.8, 4) is 0 Å². The van der Waals surface area contributed by atoms with Crippen LogP contribution in [0.4, 0.5) is 0 Å². The highest BCUT2D eigenvalue weighted by Gasteiger charge is 2.41. The molecule has 0 aromatic carbocycles. The first kappa shape index (κ1) is 15.9. The standard InChI is InChI=1S/C14H29NO3/c1-6-8-18-13-11(15-4)10-12(13)17-9-7-14(2,3)16-5/h11-13,15H,6-10H2,1-5H3. The van der Waals surface area contributed by atoms with E-state index >= 15 is 0 Å². The highest BCUT2D eigenvalue weighted by atomic mass is 16.5. The average molecular weight is 259 g/mol. The van der Waals surface area contributed by atoms with Gasteiger partial charge in [0.05, 0.1) is 17.8 Å².